The van der Waals surface area contributed by atoms with Gasteiger partial charge in [-0.2, -0.15) is 0 Å². The number of rotatable bonds is 7. The van der Waals surface area contributed by atoms with Gasteiger partial charge in [0.25, 0.3) is 0 Å². The van der Waals surface area contributed by atoms with E-state index in [-0.39, 0.29) is 24.9 Å². The Morgan fingerprint density at radius 1 is 1.00 bits per heavy atom. The van der Waals surface area contributed by atoms with Crippen LogP contribution in [0.2, 0.25) is 0 Å². The van der Waals surface area contributed by atoms with Crippen LogP contribution in [0, 0.1) is 12.8 Å². The number of ether oxygens (including phenoxy) is 3. The predicted octanol–water partition coefficient (Wildman–Crippen LogP) is 5.64. The summed E-state index contributed by atoms with van der Waals surface area (Å²) in [4.78, 5) is 46.0. The number of hydrogen-bond acceptors (Lipinski definition) is 9. The van der Waals surface area contributed by atoms with Gasteiger partial charge in [-0.3, -0.25) is 19.3 Å². The van der Waals surface area contributed by atoms with Crippen molar-refractivity contribution in [3.8, 4) is 17.2 Å². The van der Waals surface area contributed by atoms with Crippen LogP contribution in [0.15, 0.2) is 95.9 Å². The van der Waals surface area contributed by atoms with Crippen LogP contribution in [-0.4, -0.2) is 50.5 Å². The average molecular weight is 615 g/mol. The number of pyridine rings is 2. The molecule has 0 saturated heterocycles. The molecule has 0 bridgehead atoms. The highest BCUT2D eigenvalue weighted by molar-refractivity contribution is 6.15. The minimum atomic E-state index is -0.881. The summed E-state index contributed by atoms with van der Waals surface area (Å²) < 4.78 is 19.3. The lowest BCUT2D eigenvalue weighted by atomic mass is 9.74. The van der Waals surface area contributed by atoms with E-state index in [0.717, 1.165) is 22.5 Å². The number of hydrogen-bond donors (Lipinski definition) is 1. The van der Waals surface area contributed by atoms with Gasteiger partial charge in [0, 0.05) is 40.8 Å². The van der Waals surface area contributed by atoms with Gasteiger partial charge in [-0.05, 0) is 57.2 Å². The Morgan fingerprint density at radius 3 is 2.63 bits per heavy atom. The summed E-state index contributed by atoms with van der Waals surface area (Å²) in [6.07, 6.45) is 5.07. The highest BCUT2D eigenvalue weighted by Crippen LogP contribution is 2.49. The smallest absolute Gasteiger partial charge is 0.336 e. The summed E-state index contributed by atoms with van der Waals surface area (Å²) in [5.74, 6) is -0.407. The summed E-state index contributed by atoms with van der Waals surface area (Å²) >= 11 is 0. The molecule has 230 valence electrons. The summed E-state index contributed by atoms with van der Waals surface area (Å²) in [7, 11) is 0. The van der Waals surface area contributed by atoms with E-state index in [9.17, 15) is 9.59 Å². The molecular formula is C35H30N6O5. The molecule has 0 saturated carbocycles. The SMILES string of the molecule is CCOC(=O)C1=C(c2ccc(-n3c(C)nc4cnccc43)cc2)N=C(C)C(C(=O)Nc2ccccn2)C1c1cccc2c1OCO2. The molecule has 0 radical (unpaired) electrons. The van der Waals surface area contributed by atoms with Crippen LogP contribution < -0.4 is 14.8 Å². The number of fused-ring (bicyclic) bond motifs is 2. The Hall–Kier alpha value is -5.84. The van der Waals surface area contributed by atoms with Crippen molar-refractivity contribution in [3.63, 3.8) is 0 Å². The minimum absolute atomic E-state index is 0.0299. The summed E-state index contributed by atoms with van der Waals surface area (Å²) in [6, 6.07) is 20.4. The second-order valence-corrected chi connectivity index (χ2v) is 10.9. The molecule has 7 rings (SSSR count). The Kier molecular flexibility index (Phi) is 7.49. The first-order chi connectivity index (χ1) is 22.4. The van der Waals surface area contributed by atoms with Gasteiger partial charge in [0.1, 0.15) is 17.2 Å². The number of aryl methyl sites for hydroxylation is 1. The highest BCUT2D eigenvalue weighted by atomic mass is 16.7. The fourth-order valence-electron chi connectivity index (χ4n) is 6.18. The number of esters is 1. The molecule has 0 fully saturated rings. The van der Waals surface area contributed by atoms with Gasteiger partial charge < -0.3 is 19.5 Å². The lowest BCUT2D eigenvalue weighted by molar-refractivity contribution is -0.138. The van der Waals surface area contributed by atoms with Crippen LogP contribution >= 0.6 is 0 Å². The summed E-state index contributed by atoms with van der Waals surface area (Å²) in [5.41, 5.74) is 5.11. The van der Waals surface area contributed by atoms with Gasteiger partial charge in [-0.25, -0.2) is 14.8 Å². The Balaban J connectivity index is 1.39. The van der Waals surface area contributed by atoms with Gasteiger partial charge in [0.05, 0.1) is 35.5 Å². The monoisotopic (exact) mass is 614 g/mol. The number of aliphatic imine (C=N–C) groups is 1. The third kappa shape index (κ3) is 5.05. The maximum Gasteiger partial charge on any atom is 0.336 e. The number of carbonyl (C=O) groups is 2. The first kappa shape index (κ1) is 28.9. The van der Waals surface area contributed by atoms with E-state index in [1.54, 1.807) is 56.7 Å². The number of anilines is 1. The standard InChI is InChI=1S/C35H30N6O5/c1-4-44-35(43)31-30(24-8-7-9-27-33(24)46-19-45-27)29(34(42)40-28-10-5-6-16-37-28)20(2)38-32(31)22-11-13-23(14-12-22)41-21(3)39-25-18-36-17-15-26(25)41/h5-18,29-30H,4,19H2,1-3H3,(H,37,40,42). The third-order valence-corrected chi connectivity index (χ3v) is 8.12. The van der Waals surface area contributed by atoms with E-state index in [1.165, 1.54) is 0 Å². The molecule has 46 heavy (non-hydrogen) atoms. The van der Waals surface area contributed by atoms with Crippen LogP contribution in [-0.2, 0) is 14.3 Å². The molecule has 0 aliphatic carbocycles. The molecular weight excluding hydrogens is 584 g/mol. The van der Waals surface area contributed by atoms with Crippen LogP contribution in [0.25, 0.3) is 22.4 Å². The third-order valence-electron chi connectivity index (χ3n) is 8.12. The molecule has 1 N–H and O–H groups in total. The van der Waals surface area contributed by atoms with Crippen molar-refractivity contribution < 1.29 is 23.8 Å². The fourth-order valence-corrected chi connectivity index (χ4v) is 6.18. The first-order valence-corrected chi connectivity index (χ1v) is 14.9. The number of para-hydroxylation sites is 1. The zero-order valence-electron chi connectivity index (χ0n) is 25.4. The van der Waals surface area contributed by atoms with E-state index >= 15 is 0 Å². The summed E-state index contributed by atoms with van der Waals surface area (Å²) in [6.45, 7) is 5.65. The number of amides is 1. The maximum absolute atomic E-state index is 14.1. The minimum Gasteiger partial charge on any atom is -0.463 e. The Morgan fingerprint density at radius 2 is 1.85 bits per heavy atom. The molecule has 2 aromatic carbocycles. The number of carbonyl (C=O) groups excluding carboxylic acids is 2. The molecule has 2 atom stereocenters. The van der Waals surface area contributed by atoms with E-state index in [0.29, 0.717) is 39.9 Å². The number of aromatic nitrogens is 4. The molecule has 5 aromatic rings. The van der Waals surface area contributed by atoms with Gasteiger partial charge in [0.15, 0.2) is 11.5 Å². The lowest BCUT2D eigenvalue weighted by Gasteiger charge is -2.33. The topological polar surface area (TPSA) is 130 Å². The molecule has 2 aliphatic rings. The van der Waals surface area contributed by atoms with Crippen LogP contribution in [0.5, 0.6) is 11.5 Å². The van der Waals surface area contributed by atoms with Crippen molar-refractivity contribution in [2.24, 2.45) is 10.9 Å². The van der Waals surface area contributed by atoms with Gasteiger partial charge in [-0.15, -0.1) is 0 Å². The van der Waals surface area contributed by atoms with Crippen molar-refractivity contribution in [3.05, 3.63) is 108 Å². The van der Waals surface area contributed by atoms with Crippen molar-refractivity contribution in [2.45, 2.75) is 26.7 Å². The number of benzene rings is 2. The maximum atomic E-state index is 14.1. The molecule has 0 spiro atoms. The van der Waals surface area contributed by atoms with Gasteiger partial charge >= 0.3 is 5.97 Å². The molecule has 11 nitrogen and oxygen atoms in total. The molecule has 11 heteroatoms. The van der Waals surface area contributed by atoms with Crippen LogP contribution in [0.3, 0.4) is 0 Å². The van der Waals surface area contributed by atoms with Crippen LogP contribution in [0.4, 0.5) is 5.82 Å². The molecule has 5 heterocycles. The fraction of sp³-hybridized carbons (Fsp3) is 0.200. The van der Waals surface area contributed by atoms with E-state index < -0.39 is 17.8 Å². The quantitative estimate of drug-likeness (QED) is 0.233. The first-order valence-electron chi connectivity index (χ1n) is 14.9. The second kappa shape index (κ2) is 11.9. The number of nitrogens with zero attached hydrogens (tertiary/aromatic N) is 5. The second-order valence-electron chi connectivity index (χ2n) is 10.9. The van der Waals surface area contributed by atoms with E-state index in [4.69, 9.17) is 19.2 Å². The molecule has 1 amide bonds. The Bertz CT molecular complexity index is 2030. The molecule has 2 aliphatic heterocycles. The molecule has 3 aromatic heterocycles. The van der Waals surface area contributed by atoms with Crippen LogP contribution in [0.1, 0.15) is 36.7 Å². The van der Waals surface area contributed by atoms with Crippen molar-refractivity contribution in [2.75, 3.05) is 18.7 Å². The predicted molar refractivity (Wildman–Crippen MR) is 172 cm³/mol. The zero-order chi connectivity index (χ0) is 31.8. The average Bonchev–Trinajstić information content (AvgIpc) is 3.68. The largest absolute Gasteiger partial charge is 0.463 e. The van der Waals surface area contributed by atoms with Crippen molar-refractivity contribution in [1.29, 1.82) is 0 Å². The summed E-state index contributed by atoms with van der Waals surface area (Å²) in [5, 5.41) is 2.91. The van der Waals surface area contributed by atoms with Crippen molar-refractivity contribution in [1.82, 2.24) is 19.5 Å². The van der Waals surface area contributed by atoms with E-state index in [2.05, 4.69) is 20.3 Å². The Labute approximate surface area is 264 Å². The normalized spacial score (nSPS) is 17.2. The molecule has 2 unspecified atom stereocenters. The number of imidazole rings is 1. The van der Waals surface area contributed by atoms with Crippen molar-refractivity contribution >= 4 is 40.1 Å². The lowest BCUT2D eigenvalue weighted by Crippen LogP contribution is -2.38. The highest BCUT2D eigenvalue weighted by Gasteiger charge is 2.45. The zero-order valence-corrected chi connectivity index (χ0v) is 25.4. The number of nitrogens with one attached hydrogen (secondary N) is 1. The van der Waals surface area contributed by atoms with E-state index in [1.807, 2.05) is 54.0 Å². The van der Waals surface area contributed by atoms with Gasteiger partial charge in [0.2, 0.25) is 12.7 Å². The van der Waals surface area contributed by atoms with Gasteiger partial charge in [-0.1, -0.05) is 30.3 Å².